The lowest BCUT2D eigenvalue weighted by Gasteiger charge is -2.27. The van der Waals surface area contributed by atoms with E-state index < -0.39 is 10.0 Å². The molecule has 0 saturated carbocycles. The number of nitrogen functional groups attached to an aromatic ring is 1. The average molecular weight is 291 g/mol. The summed E-state index contributed by atoms with van der Waals surface area (Å²) < 4.78 is 26.3. The summed E-state index contributed by atoms with van der Waals surface area (Å²) in [5, 5.41) is 0.151. The van der Waals surface area contributed by atoms with Gasteiger partial charge in [0.05, 0.1) is 10.7 Å². The quantitative estimate of drug-likeness (QED) is 0.867. The molecule has 18 heavy (non-hydrogen) atoms. The molecule has 1 aromatic carbocycles. The van der Waals surface area contributed by atoms with Gasteiger partial charge in [-0.1, -0.05) is 31.5 Å². The molecule has 4 nitrogen and oxygen atoms in total. The maximum atomic E-state index is 12.5. The molecule has 1 aromatic rings. The zero-order valence-electron chi connectivity index (χ0n) is 11.0. The predicted octanol–water partition coefficient (Wildman–Crippen LogP) is 2.59. The van der Waals surface area contributed by atoms with Crippen LogP contribution in [0.15, 0.2) is 23.1 Å². The summed E-state index contributed by atoms with van der Waals surface area (Å²) in [5.74, 6) is 0.202. The largest absolute Gasteiger partial charge is 0.398 e. The molecule has 0 heterocycles. The van der Waals surface area contributed by atoms with Crippen molar-refractivity contribution in [1.82, 2.24) is 4.31 Å². The molecule has 0 aliphatic heterocycles. The van der Waals surface area contributed by atoms with Gasteiger partial charge in [0.2, 0.25) is 10.0 Å². The van der Waals surface area contributed by atoms with Crippen molar-refractivity contribution in [3.05, 3.63) is 23.2 Å². The van der Waals surface area contributed by atoms with Crippen LogP contribution in [-0.2, 0) is 10.0 Å². The van der Waals surface area contributed by atoms with Gasteiger partial charge < -0.3 is 5.73 Å². The first kappa shape index (κ1) is 15.3. The van der Waals surface area contributed by atoms with Gasteiger partial charge in [-0.05, 0) is 25.0 Å². The third-order valence-electron chi connectivity index (χ3n) is 3.17. The fraction of sp³-hybridized carbons (Fsp3) is 0.500. The molecule has 1 unspecified atom stereocenters. The molecule has 0 spiro atoms. The minimum Gasteiger partial charge on any atom is -0.398 e. The van der Waals surface area contributed by atoms with Crippen molar-refractivity contribution in [2.24, 2.45) is 5.92 Å². The van der Waals surface area contributed by atoms with E-state index in [4.69, 9.17) is 17.3 Å². The molecule has 0 aromatic heterocycles. The van der Waals surface area contributed by atoms with Crippen molar-refractivity contribution in [1.29, 1.82) is 0 Å². The number of hydrogen-bond acceptors (Lipinski definition) is 3. The van der Waals surface area contributed by atoms with Crippen LogP contribution in [-0.4, -0.2) is 25.8 Å². The standard InChI is InChI=1S/C12H19ClN2O2S/c1-8(2)9(3)15(4)18(16,17)12-10(13)6-5-7-11(12)14/h5-9H,14H2,1-4H3. The lowest BCUT2D eigenvalue weighted by molar-refractivity contribution is 0.316. The molecule has 0 radical (unpaired) electrons. The van der Waals surface area contributed by atoms with E-state index in [1.807, 2.05) is 20.8 Å². The number of nitrogens with zero attached hydrogens (tertiary/aromatic N) is 1. The highest BCUT2D eigenvalue weighted by Gasteiger charge is 2.30. The highest BCUT2D eigenvalue weighted by molar-refractivity contribution is 7.89. The van der Waals surface area contributed by atoms with Gasteiger partial charge in [-0.15, -0.1) is 0 Å². The second-order valence-electron chi connectivity index (χ2n) is 4.66. The zero-order chi connectivity index (χ0) is 14.1. The normalized spacial score (nSPS) is 14.2. The Hall–Kier alpha value is -0.780. The van der Waals surface area contributed by atoms with E-state index in [9.17, 15) is 8.42 Å². The monoisotopic (exact) mass is 290 g/mol. The van der Waals surface area contributed by atoms with Gasteiger partial charge in [0.1, 0.15) is 4.90 Å². The van der Waals surface area contributed by atoms with Crippen LogP contribution < -0.4 is 5.73 Å². The van der Waals surface area contributed by atoms with Crippen molar-refractivity contribution in [2.45, 2.75) is 31.7 Å². The topological polar surface area (TPSA) is 63.4 Å². The first-order chi connectivity index (χ1) is 8.19. The summed E-state index contributed by atoms with van der Waals surface area (Å²) in [5.41, 5.74) is 5.90. The van der Waals surface area contributed by atoms with Crippen molar-refractivity contribution in [2.75, 3.05) is 12.8 Å². The minimum atomic E-state index is -3.67. The summed E-state index contributed by atoms with van der Waals surface area (Å²) in [4.78, 5) is -0.0123. The molecule has 2 N–H and O–H groups in total. The number of nitrogens with two attached hydrogens (primary N) is 1. The summed E-state index contributed by atoms with van der Waals surface area (Å²) in [7, 11) is -2.12. The molecule has 0 bridgehead atoms. The Labute approximate surface area is 114 Å². The molecule has 102 valence electrons. The third-order valence-corrected chi connectivity index (χ3v) is 5.66. The van der Waals surface area contributed by atoms with Crippen LogP contribution in [0.5, 0.6) is 0 Å². The molecule has 1 rings (SSSR count). The summed E-state index contributed by atoms with van der Waals surface area (Å²) in [6.45, 7) is 5.79. The minimum absolute atomic E-state index is 0.0123. The van der Waals surface area contributed by atoms with Gasteiger partial charge in [0, 0.05) is 13.1 Å². The summed E-state index contributed by atoms with van der Waals surface area (Å²) in [6.07, 6.45) is 0. The van der Waals surface area contributed by atoms with E-state index in [0.29, 0.717) is 0 Å². The van der Waals surface area contributed by atoms with Gasteiger partial charge >= 0.3 is 0 Å². The Balaban J connectivity index is 3.31. The van der Waals surface area contributed by atoms with Crippen LogP contribution in [0.2, 0.25) is 5.02 Å². The van der Waals surface area contributed by atoms with E-state index in [1.165, 1.54) is 16.4 Å². The van der Waals surface area contributed by atoms with Crippen LogP contribution in [0, 0.1) is 5.92 Å². The van der Waals surface area contributed by atoms with Crippen LogP contribution in [0.1, 0.15) is 20.8 Å². The SMILES string of the molecule is CC(C)C(C)N(C)S(=O)(=O)c1c(N)cccc1Cl. The number of hydrogen-bond donors (Lipinski definition) is 1. The number of sulfonamides is 1. The van der Waals surface area contributed by atoms with E-state index >= 15 is 0 Å². The third kappa shape index (κ3) is 2.79. The number of halogens is 1. The number of anilines is 1. The molecule has 0 aliphatic rings. The van der Waals surface area contributed by atoms with Crippen molar-refractivity contribution < 1.29 is 8.42 Å². The molecule has 0 aliphatic carbocycles. The Kier molecular flexibility index (Phi) is 4.64. The number of benzene rings is 1. The Bertz CT molecular complexity index is 509. The molecule has 0 saturated heterocycles. The van der Waals surface area contributed by atoms with Gasteiger partial charge in [-0.3, -0.25) is 0 Å². The van der Waals surface area contributed by atoms with Crippen molar-refractivity contribution in [3.63, 3.8) is 0 Å². The van der Waals surface area contributed by atoms with Crippen LogP contribution in [0.25, 0.3) is 0 Å². The molecule has 0 fully saturated rings. The highest BCUT2D eigenvalue weighted by Crippen LogP contribution is 2.30. The van der Waals surface area contributed by atoms with Crippen LogP contribution >= 0.6 is 11.6 Å². The fourth-order valence-electron chi connectivity index (χ4n) is 1.58. The van der Waals surface area contributed by atoms with Gasteiger partial charge in [-0.2, -0.15) is 4.31 Å². The van der Waals surface area contributed by atoms with E-state index in [2.05, 4.69) is 0 Å². The second kappa shape index (κ2) is 5.47. The maximum Gasteiger partial charge on any atom is 0.246 e. The molecular formula is C12H19ClN2O2S. The molecular weight excluding hydrogens is 272 g/mol. The fourth-order valence-corrected chi connectivity index (χ4v) is 3.70. The van der Waals surface area contributed by atoms with E-state index in [1.54, 1.807) is 13.1 Å². The Morgan fingerprint density at radius 3 is 2.28 bits per heavy atom. The predicted molar refractivity (Wildman–Crippen MR) is 75.1 cm³/mol. The van der Waals surface area contributed by atoms with E-state index in [0.717, 1.165) is 0 Å². The number of rotatable bonds is 4. The Morgan fingerprint density at radius 1 is 1.28 bits per heavy atom. The lowest BCUT2D eigenvalue weighted by atomic mass is 10.1. The molecule has 6 heteroatoms. The lowest BCUT2D eigenvalue weighted by Crippen LogP contribution is -2.38. The summed E-state index contributed by atoms with van der Waals surface area (Å²) >= 11 is 5.96. The smallest absolute Gasteiger partial charge is 0.246 e. The second-order valence-corrected chi connectivity index (χ2v) is 7.01. The first-order valence-electron chi connectivity index (χ1n) is 5.71. The zero-order valence-corrected chi connectivity index (χ0v) is 12.6. The van der Waals surface area contributed by atoms with Crippen LogP contribution in [0.4, 0.5) is 5.69 Å². The highest BCUT2D eigenvalue weighted by atomic mass is 35.5. The summed E-state index contributed by atoms with van der Waals surface area (Å²) in [6, 6.07) is 4.55. The first-order valence-corrected chi connectivity index (χ1v) is 7.53. The average Bonchev–Trinajstić information content (AvgIpc) is 2.26. The van der Waals surface area contributed by atoms with E-state index in [-0.39, 0.29) is 27.6 Å². The van der Waals surface area contributed by atoms with Crippen LogP contribution in [0.3, 0.4) is 0 Å². The molecule has 1 atom stereocenters. The van der Waals surface area contributed by atoms with Gasteiger partial charge in [0.25, 0.3) is 0 Å². The molecule has 0 amide bonds. The Morgan fingerprint density at radius 2 is 1.83 bits per heavy atom. The van der Waals surface area contributed by atoms with Crippen molar-refractivity contribution >= 4 is 27.3 Å². The maximum absolute atomic E-state index is 12.5. The van der Waals surface area contributed by atoms with Gasteiger partial charge in [-0.25, -0.2) is 8.42 Å². The van der Waals surface area contributed by atoms with Crippen molar-refractivity contribution in [3.8, 4) is 0 Å². The van der Waals surface area contributed by atoms with Gasteiger partial charge in [0.15, 0.2) is 0 Å².